The zero-order valence-electron chi connectivity index (χ0n) is 15.9. The summed E-state index contributed by atoms with van der Waals surface area (Å²) < 4.78 is 7.79. The molecule has 0 bridgehead atoms. The van der Waals surface area contributed by atoms with Gasteiger partial charge in [0.1, 0.15) is 5.82 Å². The Morgan fingerprint density at radius 2 is 2.14 bits per heavy atom. The number of carbonyl (C=O) groups excluding carboxylic acids is 3. The summed E-state index contributed by atoms with van der Waals surface area (Å²) >= 11 is 5.06. The average Bonchev–Trinajstić information content (AvgIpc) is 3.40. The van der Waals surface area contributed by atoms with E-state index in [1.165, 1.54) is 17.0 Å². The number of nitrogens with one attached hydrogen (secondary N) is 2. The average molecular weight is 415 g/mol. The van der Waals surface area contributed by atoms with Crippen molar-refractivity contribution < 1.29 is 19.1 Å². The fraction of sp³-hybridized carbons (Fsp3) is 0.421. The number of H-pyrrole nitrogens is 1. The summed E-state index contributed by atoms with van der Waals surface area (Å²) in [4.78, 5) is 39.0. The first-order chi connectivity index (χ1) is 14.0. The maximum Gasteiger partial charge on any atom is 0.261 e. The van der Waals surface area contributed by atoms with E-state index in [4.69, 9.17) is 17.0 Å². The number of benzene rings is 1. The van der Waals surface area contributed by atoms with Crippen LogP contribution in [0.25, 0.3) is 0 Å². The van der Waals surface area contributed by atoms with E-state index in [2.05, 4.69) is 15.5 Å². The molecule has 0 saturated carbocycles. The first-order valence-corrected chi connectivity index (χ1v) is 9.87. The predicted molar refractivity (Wildman–Crippen MR) is 105 cm³/mol. The highest BCUT2D eigenvalue weighted by atomic mass is 32.1. The Morgan fingerprint density at radius 1 is 1.34 bits per heavy atom. The number of imide groups is 1. The number of nitrogens with zero attached hydrogens (tertiary/aromatic N) is 3. The molecule has 1 unspecified atom stereocenters. The minimum absolute atomic E-state index is 0.112. The molecule has 0 aliphatic carbocycles. The lowest BCUT2D eigenvalue weighted by Crippen LogP contribution is -2.36. The highest BCUT2D eigenvalue weighted by Crippen LogP contribution is 2.26. The van der Waals surface area contributed by atoms with Crippen LogP contribution in [0.1, 0.15) is 49.7 Å². The van der Waals surface area contributed by atoms with Crippen molar-refractivity contribution >= 4 is 29.9 Å². The summed E-state index contributed by atoms with van der Waals surface area (Å²) in [5, 5.41) is 9.59. The van der Waals surface area contributed by atoms with Gasteiger partial charge >= 0.3 is 0 Å². The van der Waals surface area contributed by atoms with Crippen LogP contribution >= 0.6 is 12.2 Å². The third-order valence-corrected chi connectivity index (χ3v) is 5.61. The van der Waals surface area contributed by atoms with E-state index >= 15 is 0 Å². The van der Waals surface area contributed by atoms with Gasteiger partial charge in [0.2, 0.25) is 0 Å². The molecule has 2 aromatic rings. The summed E-state index contributed by atoms with van der Waals surface area (Å²) in [6, 6.07) is 4.58. The van der Waals surface area contributed by atoms with E-state index in [0.717, 1.165) is 18.7 Å². The van der Waals surface area contributed by atoms with E-state index in [9.17, 15) is 14.4 Å². The van der Waals surface area contributed by atoms with Crippen LogP contribution in [0.2, 0.25) is 0 Å². The number of carbonyl (C=O) groups is 3. The van der Waals surface area contributed by atoms with Gasteiger partial charge in [0, 0.05) is 32.2 Å². The van der Waals surface area contributed by atoms with E-state index in [1.807, 2.05) is 0 Å². The molecule has 2 N–H and O–H groups in total. The standard InChI is InChI=1S/C19H21N5O4S/c1-23-15(21-22-19(23)29)6-7-20-16(25)11-4-5-13-14(9-11)18(27)24(17(13)26)10-12-3-2-8-28-12/h4-5,9,12H,2-3,6-8,10H2,1H3,(H,20,25)(H,22,29). The maximum absolute atomic E-state index is 12.7. The zero-order valence-corrected chi connectivity index (χ0v) is 16.8. The van der Waals surface area contributed by atoms with Gasteiger partial charge in [-0.25, -0.2) is 0 Å². The number of aromatic nitrogens is 3. The Kier molecular flexibility index (Phi) is 5.29. The van der Waals surface area contributed by atoms with Gasteiger partial charge in [0.15, 0.2) is 4.77 Å². The van der Waals surface area contributed by atoms with Crippen LogP contribution in [0.5, 0.6) is 0 Å². The predicted octanol–water partition coefficient (Wildman–Crippen LogP) is 1.23. The van der Waals surface area contributed by atoms with E-state index in [0.29, 0.717) is 35.5 Å². The molecule has 1 fully saturated rings. The molecule has 4 rings (SSSR count). The fourth-order valence-corrected chi connectivity index (χ4v) is 3.73. The Morgan fingerprint density at radius 3 is 2.83 bits per heavy atom. The van der Waals surface area contributed by atoms with Crippen molar-refractivity contribution in [1.82, 2.24) is 25.0 Å². The van der Waals surface area contributed by atoms with Crippen LogP contribution in [-0.2, 0) is 18.2 Å². The molecule has 0 spiro atoms. The number of hydrogen-bond donors (Lipinski definition) is 2. The molecule has 2 aliphatic rings. The van der Waals surface area contributed by atoms with Gasteiger partial charge in [-0.05, 0) is 43.3 Å². The first-order valence-electron chi connectivity index (χ1n) is 9.46. The molecule has 1 aromatic carbocycles. The quantitative estimate of drug-likeness (QED) is 0.542. The lowest BCUT2D eigenvalue weighted by molar-refractivity contribution is 0.0475. The summed E-state index contributed by atoms with van der Waals surface area (Å²) in [6.45, 7) is 1.27. The van der Waals surface area contributed by atoms with E-state index < -0.39 is 0 Å². The maximum atomic E-state index is 12.7. The smallest absolute Gasteiger partial charge is 0.261 e. The number of aromatic amines is 1. The minimum atomic E-state index is -0.378. The number of amides is 3. The Labute approximate surface area is 172 Å². The van der Waals surface area contributed by atoms with Crippen LogP contribution in [0.15, 0.2) is 18.2 Å². The number of rotatable bonds is 6. The van der Waals surface area contributed by atoms with Crippen LogP contribution in [-0.4, -0.2) is 63.2 Å². The van der Waals surface area contributed by atoms with Gasteiger partial charge in [-0.3, -0.25) is 24.4 Å². The van der Waals surface area contributed by atoms with Crippen molar-refractivity contribution in [2.75, 3.05) is 19.7 Å². The van der Waals surface area contributed by atoms with Crippen molar-refractivity contribution in [3.63, 3.8) is 0 Å². The Hall–Kier alpha value is -2.85. The summed E-state index contributed by atoms with van der Waals surface area (Å²) in [6.07, 6.45) is 2.16. The highest BCUT2D eigenvalue weighted by molar-refractivity contribution is 7.71. The molecular formula is C19H21N5O4S. The van der Waals surface area contributed by atoms with Gasteiger partial charge in [-0.1, -0.05) is 0 Å². The van der Waals surface area contributed by atoms with Gasteiger partial charge in [-0.2, -0.15) is 5.10 Å². The van der Waals surface area contributed by atoms with Crippen molar-refractivity contribution in [2.45, 2.75) is 25.4 Å². The van der Waals surface area contributed by atoms with Crippen molar-refractivity contribution in [3.8, 4) is 0 Å². The Balaban J connectivity index is 1.42. The lowest BCUT2D eigenvalue weighted by Gasteiger charge is -2.17. The third kappa shape index (κ3) is 3.73. The van der Waals surface area contributed by atoms with Crippen molar-refractivity contribution in [1.29, 1.82) is 0 Å². The molecule has 9 nitrogen and oxygen atoms in total. The number of fused-ring (bicyclic) bond motifs is 1. The SMILES string of the molecule is Cn1c(CCNC(=O)c2ccc3c(c2)C(=O)N(CC2CCCO2)C3=O)n[nH]c1=S. The van der Waals surface area contributed by atoms with Gasteiger partial charge in [0.25, 0.3) is 17.7 Å². The largest absolute Gasteiger partial charge is 0.376 e. The van der Waals surface area contributed by atoms with Crippen LogP contribution in [0.4, 0.5) is 0 Å². The Bertz CT molecular complexity index is 1040. The third-order valence-electron chi connectivity index (χ3n) is 5.25. The molecule has 3 amide bonds. The summed E-state index contributed by atoms with van der Waals surface area (Å²) in [7, 11) is 1.80. The van der Waals surface area contributed by atoms with Crippen molar-refractivity contribution in [3.05, 3.63) is 45.5 Å². The molecule has 10 heteroatoms. The molecule has 1 atom stereocenters. The molecular weight excluding hydrogens is 394 g/mol. The topological polar surface area (TPSA) is 109 Å². The normalized spacial score (nSPS) is 18.4. The molecule has 2 aliphatic heterocycles. The lowest BCUT2D eigenvalue weighted by atomic mass is 10.1. The van der Waals surface area contributed by atoms with Crippen LogP contribution in [0.3, 0.4) is 0 Å². The van der Waals surface area contributed by atoms with Crippen molar-refractivity contribution in [2.24, 2.45) is 7.05 Å². The molecule has 0 radical (unpaired) electrons. The molecule has 1 saturated heterocycles. The summed E-state index contributed by atoms with van der Waals surface area (Å²) in [5.41, 5.74) is 0.917. The fourth-order valence-electron chi connectivity index (χ4n) is 3.58. The highest BCUT2D eigenvalue weighted by Gasteiger charge is 2.37. The molecule has 29 heavy (non-hydrogen) atoms. The monoisotopic (exact) mass is 415 g/mol. The van der Waals surface area contributed by atoms with Gasteiger partial charge < -0.3 is 14.6 Å². The number of hydrogen-bond acceptors (Lipinski definition) is 6. The second-order valence-electron chi connectivity index (χ2n) is 7.13. The van der Waals surface area contributed by atoms with E-state index in [-0.39, 0.29) is 35.9 Å². The first kappa shape index (κ1) is 19.5. The second-order valence-corrected chi connectivity index (χ2v) is 7.51. The molecule has 1 aromatic heterocycles. The van der Waals surface area contributed by atoms with Crippen LogP contribution in [0, 0.1) is 4.77 Å². The summed E-state index contributed by atoms with van der Waals surface area (Å²) in [5.74, 6) is -0.299. The molecule has 152 valence electrons. The van der Waals surface area contributed by atoms with Gasteiger partial charge in [0.05, 0.1) is 23.8 Å². The zero-order chi connectivity index (χ0) is 20.5. The number of ether oxygens (including phenoxy) is 1. The van der Waals surface area contributed by atoms with E-state index in [1.54, 1.807) is 17.7 Å². The second kappa shape index (κ2) is 7.88. The van der Waals surface area contributed by atoms with Crippen LogP contribution < -0.4 is 5.32 Å². The van der Waals surface area contributed by atoms with Gasteiger partial charge in [-0.15, -0.1) is 0 Å². The molecule has 3 heterocycles. The minimum Gasteiger partial charge on any atom is -0.376 e.